The second-order valence-electron chi connectivity index (χ2n) is 16.7. The fraction of sp³-hybridized carbons (Fsp3) is 0. The first-order chi connectivity index (χ1) is 29.8. The fourth-order valence-corrected chi connectivity index (χ4v) is 11.8. The van der Waals surface area contributed by atoms with E-state index in [0.29, 0.717) is 0 Å². The zero-order valence-electron chi connectivity index (χ0n) is 32.4. The summed E-state index contributed by atoms with van der Waals surface area (Å²) in [6.07, 6.45) is 0. The summed E-state index contributed by atoms with van der Waals surface area (Å²) in [7, 11) is 0. The smallest absolute Gasteiger partial charge is 0.249 e. The van der Waals surface area contributed by atoms with E-state index in [-0.39, 0.29) is 6.71 Å². The van der Waals surface area contributed by atoms with E-state index in [2.05, 4.69) is 208 Å². The van der Waals surface area contributed by atoms with Gasteiger partial charge in [-0.15, -0.1) is 0 Å². The van der Waals surface area contributed by atoms with Gasteiger partial charge in [0.15, 0.2) is 0 Å². The summed E-state index contributed by atoms with van der Waals surface area (Å²) in [6.45, 7) is 0.0626. The molecule has 3 aliphatic rings. The fourth-order valence-electron chi connectivity index (χ4n) is 11.8. The van der Waals surface area contributed by atoms with Crippen LogP contribution in [0.3, 0.4) is 0 Å². The molecule has 0 atom stereocenters. The van der Waals surface area contributed by atoms with Crippen molar-refractivity contribution in [3.8, 4) is 33.6 Å². The van der Waals surface area contributed by atoms with Crippen LogP contribution < -0.4 is 21.3 Å². The summed E-state index contributed by atoms with van der Waals surface area (Å²) < 4.78 is 5.00. The van der Waals surface area contributed by atoms with Crippen molar-refractivity contribution in [2.75, 3.05) is 4.90 Å². The Hall–Kier alpha value is -7.82. The van der Waals surface area contributed by atoms with Gasteiger partial charge in [-0.05, 0) is 117 Å². The van der Waals surface area contributed by atoms with E-state index in [9.17, 15) is 0 Å². The third kappa shape index (κ3) is 3.66. The predicted molar refractivity (Wildman–Crippen MR) is 254 cm³/mol. The summed E-state index contributed by atoms with van der Waals surface area (Å²) in [4.78, 5) is 2.56. The molecule has 0 fully saturated rings. The molecule has 4 heteroatoms. The number of nitrogens with zero attached hydrogens (tertiary/aromatic N) is 3. The molecule has 0 amide bonds. The highest BCUT2D eigenvalue weighted by Crippen LogP contribution is 2.51. The Bertz CT molecular complexity index is 3650. The maximum absolute atomic E-state index is 2.56. The van der Waals surface area contributed by atoms with Crippen LogP contribution in [0.1, 0.15) is 0 Å². The Balaban J connectivity index is 1.17. The summed E-state index contributed by atoms with van der Waals surface area (Å²) in [6, 6.07) is 72.6. The summed E-state index contributed by atoms with van der Waals surface area (Å²) in [5, 5.41) is 10.5. The van der Waals surface area contributed by atoms with E-state index in [1.54, 1.807) is 0 Å². The quantitative estimate of drug-likeness (QED) is 0.164. The molecule has 0 bridgehead atoms. The van der Waals surface area contributed by atoms with E-state index >= 15 is 0 Å². The van der Waals surface area contributed by atoms with Crippen molar-refractivity contribution in [1.82, 2.24) is 9.13 Å². The summed E-state index contributed by atoms with van der Waals surface area (Å²) in [5.41, 5.74) is 20.6. The Morgan fingerprint density at radius 3 is 1.22 bits per heavy atom. The molecule has 0 unspecified atom stereocenters. The normalized spacial score (nSPS) is 13.3. The first kappa shape index (κ1) is 31.2. The molecular formula is C56H32BN3. The Kier molecular flexibility index (Phi) is 5.73. The number of anilines is 3. The van der Waals surface area contributed by atoms with Crippen LogP contribution in [0.25, 0.3) is 98.8 Å². The van der Waals surface area contributed by atoms with Crippen LogP contribution in [-0.2, 0) is 0 Å². The van der Waals surface area contributed by atoms with Crippen LogP contribution in [0, 0.1) is 0 Å². The molecule has 12 aromatic rings. The second kappa shape index (κ2) is 11.0. The van der Waals surface area contributed by atoms with Crippen molar-refractivity contribution < 1.29 is 0 Å². The van der Waals surface area contributed by atoms with Crippen molar-refractivity contribution in [1.29, 1.82) is 0 Å². The molecule has 0 saturated heterocycles. The molecule has 274 valence electrons. The largest absolute Gasteiger partial charge is 0.311 e. The van der Waals surface area contributed by atoms with Crippen LogP contribution in [-0.4, -0.2) is 15.8 Å². The minimum Gasteiger partial charge on any atom is -0.311 e. The number of fused-ring (bicyclic) bond motifs is 10. The van der Waals surface area contributed by atoms with E-state index in [0.717, 1.165) is 0 Å². The van der Waals surface area contributed by atoms with Gasteiger partial charge in [0.1, 0.15) is 0 Å². The number of hydrogen-bond donors (Lipinski definition) is 0. The van der Waals surface area contributed by atoms with E-state index < -0.39 is 0 Å². The van der Waals surface area contributed by atoms with Crippen LogP contribution in [0.5, 0.6) is 0 Å². The molecule has 5 heterocycles. The Labute approximate surface area is 345 Å². The third-order valence-corrected chi connectivity index (χ3v) is 14.0. The van der Waals surface area contributed by atoms with Gasteiger partial charge in [0.05, 0.1) is 22.1 Å². The topological polar surface area (TPSA) is 13.1 Å². The lowest BCUT2D eigenvalue weighted by Crippen LogP contribution is -2.61. The molecule has 0 radical (unpaired) electrons. The van der Waals surface area contributed by atoms with E-state index in [1.165, 1.54) is 132 Å². The van der Waals surface area contributed by atoms with Crippen LogP contribution in [0.15, 0.2) is 194 Å². The highest BCUT2D eigenvalue weighted by atomic mass is 15.2. The van der Waals surface area contributed by atoms with E-state index in [1.807, 2.05) is 0 Å². The summed E-state index contributed by atoms with van der Waals surface area (Å²) >= 11 is 0. The number of para-hydroxylation sites is 5. The number of rotatable bonds is 3. The molecule has 0 N–H and O–H groups in total. The predicted octanol–water partition coefficient (Wildman–Crippen LogP) is 12.4. The number of hydrogen-bond acceptors (Lipinski definition) is 1. The molecule has 0 aliphatic carbocycles. The lowest BCUT2D eigenvalue weighted by molar-refractivity contribution is 1.19. The zero-order valence-corrected chi connectivity index (χ0v) is 32.4. The molecule has 0 saturated carbocycles. The van der Waals surface area contributed by atoms with Gasteiger partial charge >= 0.3 is 0 Å². The molecule has 2 aromatic heterocycles. The SMILES string of the molecule is c1ccc(N2c3ccc4c5c(cc6c7ccccc7n(-c7ccccc7)c46)-c4cccc6c4B(c35)c3c2ccc2c3c-6cc3c4ccccc4n(-c4ccccc4)c23)cc1. The Morgan fingerprint density at radius 1 is 0.300 bits per heavy atom. The molecule has 3 nitrogen and oxygen atoms in total. The molecule has 0 spiro atoms. The van der Waals surface area contributed by atoms with Gasteiger partial charge in [0.2, 0.25) is 6.71 Å². The standard InChI is InChI=1S/C56H32BN3/c1-4-15-33(16-5-1)58-48-29-27-40-50-42(31-44-36-21-10-12-25-46(36)59(55(40)44)34-17-6-2-7-18-34)38-23-14-24-39-43-32-45-37-22-11-13-26-47(37)60(35-19-8-3-9-20-35)56(45)41-28-30-49(58)54(51(41)43)57(52(38)39)53(48)50/h1-32H. The van der Waals surface area contributed by atoms with Gasteiger partial charge in [0, 0.05) is 60.8 Å². The molecule has 15 rings (SSSR count). The maximum atomic E-state index is 2.56. The van der Waals surface area contributed by atoms with Gasteiger partial charge in [-0.1, -0.05) is 127 Å². The van der Waals surface area contributed by atoms with Crippen LogP contribution in [0.2, 0.25) is 0 Å². The lowest BCUT2D eigenvalue weighted by Gasteiger charge is -2.43. The molecule has 60 heavy (non-hydrogen) atoms. The van der Waals surface area contributed by atoms with Crippen molar-refractivity contribution in [3.63, 3.8) is 0 Å². The van der Waals surface area contributed by atoms with Crippen molar-refractivity contribution in [3.05, 3.63) is 194 Å². The first-order valence-electron chi connectivity index (χ1n) is 21.0. The lowest BCUT2D eigenvalue weighted by atomic mass is 9.29. The zero-order chi connectivity index (χ0) is 38.8. The average Bonchev–Trinajstić information content (AvgIpc) is 3.83. The highest BCUT2D eigenvalue weighted by molar-refractivity contribution is 7.04. The van der Waals surface area contributed by atoms with Crippen molar-refractivity contribution >= 4 is 105 Å². The van der Waals surface area contributed by atoms with Crippen molar-refractivity contribution in [2.45, 2.75) is 0 Å². The van der Waals surface area contributed by atoms with Gasteiger partial charge in [-0.25, -0.2) is 0 Å². The third-order valence-electron chi connectivity index (χ3n) is 14.0. The molecule has 3 aliphatic heterocycles. The van der Waals surface area contributed by atoms with Gasteiger partial charge in [-0.2, -0.15) is 0 Å². The summed E-state index contributed by atoms with van der Waals surface area (Å²) in [5.74, 6) is 0. The minimum absolute atomic E-state index is 0.0626. The average molecular weight is 758 g/mol. The Morgan fingerprint density at radius 2 is 0.733 bits per heavy atom. The molecule has 10 aromatic carbocycles. The minimum atomic E-state index is 0.0626. The van der Waals surface area contributed by atoms with Crippen LogP contribution >= 0.6 is 0 Å². The molecular weight excluding hydrogens is 725 g/mol. The van der Waals surface area contributed by atoms with Gasteiger partial charge in [0.25, 0.3) is 0 Å². The van der Waals surface area contributed by atoms with Crippen molar-refractivity contribution in [2.24, 2.45) is 0 Å². The monoisotopic (exact) mass is 757 g/mol. The highest BCUT2D eigenvalue weighted by Gasteiger charge is 2.46. The number of aromatic nitrogens is 2. The number of benzene rings is 10. The first-order valence-corrected chi connectivity index (χ1v) is 21.0. The second-order valence-corrected chi connectivity index (χ2v) is 16.7. The van der Waals surface area contributed by atoms with Crippen LogP contribution in [0.4, 0.5) is 17.1 Å². The van der Waals surface area contributed by atoms with Gasteiger partial charge in [-0.3, -0.25) is 0 Å². The van der Waals surface area contributed by atoms with E-state index in [4.69, 9.17) is 0 Å². The van der Waals surface area contributed by atoms with Gasteiger partial charge < -0.3 is 14.0 Å². The maximum Gasteiger partial charge on any atom is 0.249 e.